The Bertz CT molecular complexity index is 481. The van der Waals surface area contributed by atoms with E-state index in [1.54, 1.807) is 17.0 Å². The van der Waals surface area contributed by atoms with Gasteiger partial charge in [0.05, 0.1) is 6.04 Å². The van der Waals surface area contributed by atoms with Crippen molar-refractivity contribution in [1.29, 1.82) is 0 Å². The molecular weight excluding hydrogens is 264 g/mol. The van der Waals surface area contributed by atoms with E-state index in [1.165, 1.54) is 0 Å². The quantitative estimate of drug-likeness (QED) is 0.896. The van der Waals surface area contributed by atoms with E-state index in [1.807, 2.05) is 26.1 Å². The normalized spacial score (nSPS) is 23.6. The average molecular weight is 290 g/mol. The van der Waals surface area contributed by atoms with Crippen LogP contribution < -0.4 is 5.73 Å². The van der Waals surface area contributed by atoms with Gasteiger partial charge < -0.3 is 15.7 Å². The summed E-state index contributed by atoms with van der Waals surface area (Å²) >= 11 is 0. The predicted octanol–water partition coefficient (Wildman–Crippen LogP) is 2.68. The number of hydrogen-bond donors (Lipinski definition) is 2. The van der Waals surface area contributed by atoms with E-state index in [0.717, 1.165) is 37.8 Å². The predicted molar refractivity (Wildman–Crippen MR) is 83.8 cm³/mol. The molecule has 4 heteroatoms. The van der Waals surface area contributed by atoms with Crippen LogP contribution in [0.2, 0.25) is 0 Å². The van der Waals surface area contributed by atoms with Gasteiger partial charge in [0, 0.05) is 18.5 Å². The van der Waals surface area contributed by atoms with Crippen LogP contribution in [-0.2, 0) is 4.79 Å². The number of amides is 1. The maximum Gasteiger partial charge on any atom is 0.225 e. The van der Waals surface area contributed by atoms with E-state index in [0.29, 0.717) is 5.92 Å². The van der Waals surface area contributed by atoms with Crippen LogP contribution in [0.25, 0.3) is 0 Å². The molecule has 1 aliphatic carbocycles. The van der Waals surface area contributed by atoms with Crippen LogP contribution in [0.4, 0.5) is 0 Å². The standard InChI is InChI=1S/C17H26N2O2/c1-12(15-5-3-4-6-16(15)20)19(2)17(21)14-9-7-13(11-18)8-10-14/h3-6,12-14,20H,7-11,18H2,1-2H3. The molecule has 0 aliphatic heterocycles. The topological polar surface area (TPSA) is 66.6 Å². The zero-order valence-electron chi connectivity index (χ0n) is 13.0. The molecule has 2 rings (SSSR count). The molecule has 0 bridgehead atoms. The Morgan fingerprint density at radius 1 is 1.33 bits per heavy atom. The highest BCUT2D eigenvalue weighted by molar-refractivity contribution is 5.79. The first-order chi connectivity index (χ1) is 10.0. The highest BCUT2D eigenvalue weighted by atomic mass is 16.3. The van der Waals surface area contributed by atoms with Gasteiger partial charge >= 0.3 is 0 Å². The largest absolute Gasteiger partial charge is 0.508 e. The molecule has 0 saturated heterocycles. The Morgan fingerprint density at radius 2 is 1.95 bits per heavy atom. The second kappa shape index (κ2) is 6.94. The monoisotopic (exact) mass is 290 g/mol. The maximum atomic E-state index is 12.6. The number of nitrogens with two attached hydrogens (primary N) is 1. The average Bonchev–Trinajstić information content (AvgIpc) is 2.53. The van der Waals surface area contributed by atoms with Gasteiger partial charge in [-0.3, -0.25) is 4.79 Å². The third-order valence-electron chi connectivity index (χ3n) is 4.84. The van der Waals surface area contributed by atoms with E-state index in [9.17, 15) is 9.90 Å². The molecule has 3 N–H and O–H groups in total. The Hall–Kier alpha value is -1.55. The number of phenols is 1. The van der Waals surface area contributed by atoms with Crippen molar-refractivity contribution in [2.75, 3.05) is 13.6 Å². The van der Waals surface area contributed by atoms with Crippen LogP contribution in [0.5, 0.6) is 5.75 Å². The summed E-state index contributed by atoms with van der Waals surface area (Å²) in [5.41, 5.74) is 6.50. The molecule has 4 nitrogen and oxygen atoms in total. The lowest BCUT2D eigenvalue weighted by atomic mass is 9.81. The zero-order valence-corrected chi connectivity index (χ0v) is 13.0. The van der Waals surface area contributed by atoms with Crippen LogP contribution >= 0.6 is 0 Å². The van der Waals surface area contributed by atoms with Crippen LogP contribution in [0.3, 0.4) is 0 Å². The number of benzene rings is 1. The molecule has 1 unspecified atom stereocenters. The van der Waals surface area contributed by atoms with Crippen molar-refractivity contribution >= 4 is 5.91 Å². The summed E-state index contributed by atoms with van der Waals surface area (Å²) in [6.07, 6.45) is 3.95. The van der Waals surface area contributed by atoms with Crippen LogP contribution in [-0.4, -0.2) is 29.5 Å². The number of para-hydroxylation sites is 1. The third kappa shape index (κ3) is 3.56. The van der Waals surface area contributed by atoms with Crippen molar-refractivity contribution in [2.45, 2.75) is 38.6 Å². The summed E-state index contributed by atoms with van der Waals surface area (Å²) in [6, 6.07) is 7.09. The van der Waals surface area contributed by atoms with Gasteiger partial charge in [-0.25, -0.2) is 0 Å². The number of carbonyl (C=O) groups is 1. The fourth-order valence-electron chi connectivity index (χ4n) is 3.17. The molecule has 1 atom stereocenters. The lowest BCUT2D eigenvalue weighted by Gasteiger charge is -2.33. The molecular formula is C17H26N2O2. The Labute approximate surface area is 126 Å². The number of hydrogen-bond acceptors (Lipinski definition) is 3. The summed E-state index contributed by atoms with van der Waals surface area (Å²) in [6.45, 7) is 2.68. The summed E-state index contributed by atoms with van der Waals surface area (Å²) < 4.78 is 0. The number of carbonyl (C=O) groups excluding carboxylic acids is 1. The van der Waals surface area contributed by atoms with Crippen molar-refractivity contribution in [1.82, 2.24) is 4.90 Å². The van der Waals surface area contributed by atoms with E-state index < -0.39 is 0 Å². The Balaban J connectivity index is 2.01. The first kappa shape index (κ1) is 15.8. The zero-order chi connectivity index (χ0) is 15.4. The van der Waals surface area contributed by atoms with Gasteiger partial charge in [0.2, 0.25) is 5.91 Å². The minimum Gasteiger partial charge on any atom is -0.508 e. The molecule has 1 amide bonds. The molecule has 1 fully saturated rings. The molecule has 0 spiro atoms. The lowest BCUT2D eigenvalue weighted by molar-refractivity contribution is -0.137. The van der Waals surface area contributed by atoms with Crippen LogP contribution in [0.1, 0.15) is 44.2 Å². The summed E-state index contributed by atoms with van der Waals surface area (Å²) in [5, 5.41) is 9.94. The first-order valence-electron chi connectivity index (χ1n) is 7.79. The van der Waals surface area contributed by atoms with Gasteiger partial charge in [0.15, 0.2) is 0 Å². The number of rotatable bonds is 4. The molecule has 0 radical (unpaired) electrons. The molecule has 1 aromatic rings. The number of nitrogens with zero attached hydrogens (tertiary/aromatic N) is 1. The molecule has 0 heterocycles. The van der Waals surface area contributed by atoms with Crippen molar-refractivity contribution in [2.24, 2.45) is 17.6 Å². The molecule has 1 aromatic carbocycles. The van der Waals surface area contributed by atoms with Crippen molar-refractivity contribution in [3.63, 3.8) is 0 Å². The van der Waals surface area contributed by atoms with E-state index >= 15 is 0 Å². The summed E-state index contributed by atoms with van der Waals surface area (Å²) in [7, 11) is 1.83. The highest BCUT2D eigenvalue weighted by Crippen LogP contribution is 2.33. The summed E-state index contributed by atoms with van der Waals surface area (Å²) in [4.78, 5) is 14.4. The van der Waals surface area contributed by atoms with Crippen LogP contribution in [0.15, 0.2) is 24.3 Å². The molecule has 1 aliphatic rings. The van der Waals surface area contributed by atoms with Gasteiger partial charge in [-0.1, -0.05) is 18.2 Å². The second-order valence-corrected chi connectivity index (χ2v) is 6.14. The molecule has 21 heavy (non-hydrogen) atoms. The van der Waals surface area contributed by atoms with E-state index in [-0.39, 0.29) is 23.6 Å². The fourth-order valence-corrected chi connectivity index (χ4v) is 3.17. The highest BCUT2D eigenvalue weighted by Gasteiger charge is 2.30. The lowest BCUT2D eigenvalue weighted by Crippen LogP contribution is -2.37. The molecule has 1 saturated carbocycles. The van der Waals surface area contributed by atoms with Crippen LogP contribution in [0, 0.1) is 11.8 Å². The minimum absolute atomic E-state index is 0.103. The fraction of sp³-hybridized carbons (Fsp3) is 0.588. The molecule has 0 aromatic heterocycles. The van der Waals surface area contributed by atoms with Gasteiger partial charge in [-0.05, 0) is 51.1 Å². The Kier molecular flexibility index (Phi) is 5.23. The van der Waals surface area contributed by atoms with Crippen molar-refractivity contribution < 1.29 is 9.90 Å². The smallest absolute Gasteiger partial charge is 0.225 e. The second-order valence-electron chi connectivity index (χ2n) is 6.14. The first-order valence-corrected chi connectivity index (χ1v) is 7.79. The van der Waals surface area contributed by atoms with Crippen molar-refractivity contribution in [3.05, 3.63) is 29.8 Å². The van der Waals surface area contributed by atoms with Crippen molar-refractivity contribution in [3.8, 4) is 5.75 Å². The van der Waals surface area contributed by atoms with Gasteiger partial charge in [0.1, 0.15) is 5.75 Å². The third-order valence-corrected chi connectivity index (χ3v) is 4.84. The minimum atomic E-state index is -0.120. The molecule has 116 valence electrons. The number of aromatic hydroxyl groups is 1. The SMILES string of the molecule is CC(c1ccccc1O)N(C)C(=O)C1CCC(CN)CC1. The maximum absolute atomic E-state index is 12.6. The Morgan fingerprint density at radius 3 is 2.52 bits per heavy atom. The van der Waals surface area contributed by atoms with E-state index in [4.69, 9.17) is 5.73 Å². The van der Waals surface area contributed by atoms with Gasteiger partial charge in [-0.15, -0.1) is 0 Å². The number of phenolic OH excluding ortho intramolecular Hbond substituents is 1. The van der Waals surface area contributed by atoms with E-state index in [2.05, 4.69) is 0 Å². The summed E-state index contributed by atoms with van der Waals surface area (Å²) in [5.74, 6) is 1.11. The van der Waals surface area contributed by atoms with Gasteiger partial charge in [-0.2, -0.15) is 0 Å². The van der Waals surface area contributed by atoms with Gasteiger partial charge in [0.25, 0.3) is 0 Å².